The van der Waals surface area contributed by atoms with E-state index in [0.29, 0.717) is 5.56 Å². The molecule has 5 nitrogen and oxygen atoms in total. The molecule has 0 radical (unpaired) electrons. The number of halogens is 1. The Labute approximate surface area is 153 Å². The lowest BCUT2D eigenvalue weighted by atomic mass is 10.1. The molecule has 1 atom stereocenters. The number of carbonyl (C=O) groups is 1. The smallest absolute Gasteiger partial charge is 0.261 e. The minimum atomic E-state index is -3.74. The van der Waals surface area contributed by atoms with Crippen LogP contribution in [-0.4, -0.2) is 20.4 Å². The quantitative estimate of drug-likeness (QED) is 0.795. The molecule has 2 rings (SSSR count). The van der Waals surface area contributed by atoms with Crippen molar-refractivity contribution in [2.24, 2.45) is 0 Å². The van der Waals surface area contributed by atoms with Gasteiger partial charge in [0.15, 0.2) is 0 Å². The molecule has 0 spiro atoms. The summed E-state index contributed by atoms with van der Waals surface area (Å²) in [7, 11) is -3.74. The fourth-order valence-electron chi connectivity index (χ4n) is 2.07. The Morgan fingerprint density at radius 3 is 2.36 bits per heavy atom. The zero-order valence-corrected chi connectivity index (χ0v) is 15.9. The van der Waals surface area contributed by atoms with Crippen LogP contribution in [0.4, 0.5) is 5.69 Å². The summed E-state index contributed by atoms with van der Waals surface area (Å²) >= 11 is 6.16. The monoisotopic (exact) mass is 380 g/mol. The predicted molar refractivity (Wildman–Crippen MR) is 101 cm³/mol. The molecule has 2 N–H and O–H groups in total. The summed E-state index contributed by atoms with van der Waals surface area (Å²) < 4.78 is 27.3. The van der Waals surface area contributed by atoms with Crippen LogP contribution in [0.1, 0.15) is 36.2 Å². The van der Waals surface area contributed by atoms with Crippen LogP contribution in [0.25, 0.3) is 0 Å². The van der Waals surface area contributed by atoms with Gasteiger partial charge in [0.05, 0.1) is 15.6 Å². The van der Waals surface area contributed by atoms with Crippen molar-refractivity contribution in [1.82, 2.24) is 5.32 Å². The third kappa shape index (κ3) is 4.96. The third-order valence-electron chi connectivity index (χ3n) is 3.80. The molecule has 0 heterocycles. The van der Waals surface area contributed by atoms with Crippen LogP contribution < -0.4 is 10.0 Å². The van der Waals surface area contributed by atoms with Gasteiger partial charge in [0.2, 0.25) is 0 Å². The number of nitrogens with one attached hydrogen (secondary N) is 2. The molecule has 0 aliphatic rings. The van der Waals surface area contributed by atoms with Crippen LogP contribution in [0.3, 0.4) is 0 Å². The summed E-state index contributed by atoms with van der Waals surface area (Å²) in [6, 6.07) is 11.0. The Hall–Kier alpha value is -2.05. The van der Waals surface area contributed by atoms with Crippen molar-refractivity contribution >= 4 is 33.2 Å². The van der Waals surface area contributed by atoms with E-state index < -0.39 is 10.0 Å². The summed E-state index contributed by atoms with van der Waals surface area (Å²) in [6.45, 7) is 5.76. The van der Waals surface area contributed by atoms with Gasteiger partial charge >= 0.3 is 0 Å². The fourth-order valence-corrected chi connectivity index (χ4v) is 3.43. The third-order valence-corrected chi connectivity index (χ3v) is 5.49. The molecule has 25 heavy (non-hydrogen) atoms. The van der Waals surface area contributed by atoms with E-state index in [1.807, 2.05) is 20.8 Å². The van der Waals surface area contributed by atoms with Crippen LogP contribution in [0.2, 0.25) is 5.02 Å². The normalized spacial score (nSPS) is 12.5. The van der Waals surface area contributed by atoms with Gasteiger partial charge in [-0.15, -0.1) is 0 Å². The number of hydrogen-bond acceptors (Lipinski definition) is 3. The molecular formula is C18H21ClN2O3S. The van der Waals surface area contributed by atoms with Gasteiger partial charge in [-0.05, 0) is 50.6 Å². The van der Waals surface area contributed by atoms with Gasteiger partial charge in [0.1, 0.15) is 0 Å². The maximum absolute atomic E-state index is 12.4. The Morgan fingerprint density at radius 2 is 1.80 bits per heavy atom. The number of rotatable bonds is 6. The van der Waals surface area contributed by atoms with Crippen molar-refractivity contribution in [3.63, 3.8) is 0 Å². The molecule has 1 amide bonds. The van der Waals surface area contributed by atoms with Crippen LogP contribution >= 0.6 is 11.6 Å². The number of hydrogen-bond donors (Lipinski definition) is 2. The molecule has 0 fully saturated rings. The molecule has 0 aliphatic carbocycles. The van der Waals surface area contributed by atoms with Crippen LogP contribution in [0.15, 0.2) is 47.4 Å². The molecule has 2 aromatic rings. The highest BCUT2D eigenvalue weighted by Gasteiger charge is 2.17. The van der Waals surface area contributed by atoms with E-state index in [0.717, 1.165) is 12.0 Å². The Balaban J connectivity index is 2.21. The Bertz CT molecular complexity index is 864. The second kappa shape index (κ2) is 7.89. The molecule has 0 saturated carbocycles. The van der Waals surface area contributed by atoms with E-state index in [4.69, 9.17) is 11.6 Å². The Kier molecular flexibility index (Phi) is 6.08. The zero-order valence-electron chi connectivity index (χ0n) is 14.3. The minimum absolute atomic E-state index is 0.0472. The van der Waals surface area contributed by atoms with Crippen LogP contribution in [0.5, 0.6) is 0 Å². The molecule has 0 unspecified atom stereocenters. The summed E-state index contributed by atoms with van der Waals surface area (Å²) in [6.07, 6.45) is 0.813. The molecule has 7 heteroatoms. The van der Waals surface area contributed by atoms with E-state index in [9.17, 15) is 13.2 Å². The van der Waals surface area contributed by atoms with Crippen molar-refractivity contribution in [1.29, 1.82) is 0 Å². The molecule has 2 aromatic carbocycles. The average molecular weight is 381 g/mol. The first-order valence-corrected chi connectivity index (χ1v) is 9.79. The lowest BCUT2D eigenvalue weighted by Crippen LogP contribution is -2.31. The van der Waals surface area contributed by atoms with Crippen molar-refractivity contribution in [2.45, 2.75) is 38.1 Å². The van der Waals surface area contributed by atoms with Gasteiger partial charge < -0.3 is 5.32 Å². The SMILES string of the molecule is CC[C@@H](C)NC(=O)c1ccc(NS(=O)(=O)c2ccc(C)cc2)c(Cl)c1. The van der Waals surface area contributed by atoms with Gasteiger partial charge in [-0.1, -0.05) is 36.2 Å². The van der Waals surface area contributed by atoms with Crippen molar-refractivity contribution < 1.29 is 13.2 Å². The predicted octanol–water partition coefficient (Wildman–Crippen LogP) is 3.98. The molecule has 134 valence electrons. The highest BCUT2D eigenvalue weighted by atomic mass is 35.5. The topological polar surface area (TPSA) is 75.3 Å². The van der Waals surface area contributed by atoms with Crippen molar-refractivity contribution in [3.8, 4) is 0 Å². The van der Waals surface area contributed by atoms with Crippen LogP contribution in [0, 0.1) is 6.92 Å². The molecule has 0 aromatic heterocycles. The first-order chi connectivity index (χ1) is 11.7. The van der Waals surface area contributed by atoms with E-state index in [2.05, 4.69) is 10.0 Å². The second-order valence-electron chi connectivity index (χ2n) is 5.90. The zero-order chi connectivity index (χ0) is 18.6. The van der Waals surface area contributed by atoms with E-state index in [1.165, 1.54) is 30.3 Å². The number of carbonyl (C=O) groups excluding carboxylic acids is 1. The highest BCUT2D eigenvalue weighted by Crippen LogP contribution is 2.26. The van der Waals surface area contributed by atoms with E-state index >= 15 is 0 Å². The molecule has 0 aliphatic heterocycles. The van der Waals surface area contributed by atoms with Gasteiger partial charge in [-0.2, -0.15) is 0 Å². The number of benzene rings is 2. The maximum atomic E-state index is 12.4. The highest BCUT2D eigenvalue weighted by molar-refractivity contribution is 7.92. The Morgan fingerprint density at radius 1 is 1.16 bits per heavy atom. The fraction of sp³-hybridized carbons (Fsp3) is 0.278. The second-order valence-corrected chi connectivity index (χ2v) is 7.99. The lowest BCUT2D eigenvalue weighted by molar-refractivity contribution is 0.0939. The first-order valence-electron chi connectivity index (χ1n) is 7.93. The lowest BCUT2D eigenvalue weighted by Gasteiger charge is -2.13. The largest absolute Gasteiger partial charge is 0.350 e. The number of aryl methyl sites for hydroxylation is 1. The molecular weight excluding hydrogens is 360 g/mol. The standard InChI is InChI=1S/C18H21ClN2O3S/c1-4-13(3)20-18(22)14-7-10-17(16(19)11-14)21-25(23,24)15-8-5-12(2)6-9-15/h5-11,13,21H,4H2,1-3H3,(H,20,22)/t13-/m1/s1. The van der Waals surface area contributed by atoms with Crippen LogP contribution in [-0.2, 0) is 10.0 Å². The van der Waals surface area contributed by atoms with Crippen molar-refractivity contribution in [2.75, 3.05) is 4.72 Å². The van der Waals surface area contributed by atoms with Crippen molar-refractivity contribution in [3.05, 3.63) is 58.6 Å². The van der Waals surface area contributed by atoms with Gasteiger partial charge in [-0.25, -0.2) is 8.42 Å². The van der Waals surface area contributed by atoms with Gasteiger partial charge in [0.25, 0.3) is 15.9 Å². The minimum Gasteiger partial charge on any atom is -0.350 e. The summed E-state index contributed by atoms with van der Waals surface area (Å²) in [4.78, 5) is 12.3. The number of sulfonamides is 1. The molecule has 0 saturated heterocycles. The maximum Gasteiger partial charge on any atom is 0.261 e. The van der Waals surface area contributed by atoms with E-state index in [1.54, 1.807) is 12.1 Å². The first kappa shape index (κ1) is 19.3. The molecule has 0 bridgehead atoms. The summed E-state index contributed by atoms with van der Waals surface area (Å²) in [5, 5.41) is 3.00. The number of amides is 1. The number of anilines is 1. The summed E-state index contributed by atoms with van der Waals surface area (Å²) in [5.74, 6) is -0.246. The average Bonchev–Trinajstić information content (AvgIpc) is 2.56. The van der Waals surface area contributed by atoms with Gasteiger partial charge in [-0.3, -0.25) is 9.52 Å². The van der Waals surface area contributed by atoms with E-state index in [-0.39, 0.29) is 27.6 Å². The summed E-state index contributed by atoms with van der Waals surface area (Å²) in [5.41, 5.74) is 1.57. The van der Waals surface area contributed by atoms with Gasteiger partial charge in [0, 0.05) is 11.6 Å².